The lowest BCUT2D eigenvalue weighted by atomic mass is 9.95. The molecular weight excluding hydrogens is 446 g/mol. The third kappa shape index (κ3) is 5.82. The average Bonchev–Trinajstić information content (AvgIpc) is 3.61. The second kappa shape index (κ2) is 11.6. The van der Waals surface area contributed by atoms with Gasteiger partial charge in [-0.15, -0.1) is 0 Å². The van der Waals surface area contributed by atoms with Crippen molar-refractivity contribution in [2.75, 3.05) is 11.4 Å². The van der Waals surface area contributed by atoms with Crippen molar-refractivity contribution in [1.82, 2.24) is 10.6 Å². The first-order valence-electron chi connectivity index (χ1n) is 12.1. The van der Waals surface area contributed by atoms with Gasteiger partial charge in [0.15, 0.2) is 11.8 Å². The Balaban J connectivity index is 1.66. The lowest BCUT2D eigenvalue weighted by Crippen LogP contribution is -2.49. The van der Waals surface area contributed by atoms with E-state index in [1.807, 2.05) is 31.2 Å². The number of para-hydroxylation sites is 1. The molecule has 0 radical (unpaired) electrons. The van der Waals surface area contributed by atoms with Crippen LogP contribution in [0.15, 0.2) is 69.9 Å². The van der Waals surface area contributed by atoms with Crippen LogP contribution >= 0.6 is 0 Å². The number of hydrogen-bond acceptors (Lipinski definition) is 5. The zero-order chi connectivity index (χ0) is 24.6. The van der Waals surface area contributed by atoms with Gasteiger partial charge in [-0.05, 0) is 55.2 Å². The van der Waals surface area contributed by atoms with Crippen LogP contribution in [0.1, 0.15) is 66.9 Å². The first-order chi connectivity index (χ1) is 17.1. The molecule has 3 amide bonds. The summed E-state index contributed by atoms with van der Waals surface area (Å²) in [5.41, 5.74) is 1.51. The van der Waals surface area contributed by atoms with Gasteiger partial charge >= 0.3 is 0 Å². The van der Waals surface area contributed by atoms with Crippen molar-refractivity contribution < 1.29 is 23.2 Å². The van der Waals surface area contributed by atoms with Crippen molar-refractivity contribution in [3.05, 3.63) is 78.1 Å². The second-order valence-corrected chi connectivity index (χ2v) is 8.67. The van der Waals surface area contributed by atoms with E-state index in [2.05, 4.69) is 10.6 Å². The summed E-state index contributed by atoms with van der Waals surface area (Å²) in [5, 5.41) is 5.75. The van der Waals surface area contributed by atoms with E-state index < -0.39 is 17.9 Å². The van der Waals surface area contributed by atoms with Crippen molar-refractivity contribution in [2.24, 2.45) is 0 Å². The Kier molecular flexibility index (Phi) is 8.03. The van der Waals surface area contributed by atoms with Crippen LogP contribution in [0.5, 0.6) is 0 Å². The minimum Gasteiger partial charge on any atom is -0.467 e. The number of benzene rings is 1. The number of amides is 3. The molecule has 1 aliphatic carbocycles. The molecule has 1 unspecified atom stereocenters. The van der Waals surface area contributed by atoms with Crippen LogP contribution in [-0.4, -0.2) is 30.3 Å². The number of nitrogens with one attached hydrogen (secondary N) is 2. The van der Waals surface area contributed by atoms with E-state index in [1.54, 1.807) is 18.2 Å². The van der Waals surface area contributed by atoms with Crippen molar-refractivity contribution in [1.29, 1.82) is 0 Å². The molecule has 35 heavy (non-hydrogen) atoms. The molecule has 0 saturated heterocycles. The van der Waals surface area contributed by atoms with Gasteiger partial charge in [0.25, 0.3) is 11.8 Å². The quantitative estimate of drug-likeness (QED) is 0.476. The first-order valence-corrected chi connectivity index (χ1v) is 12.1. The average molecular weight is 478 g/mol. The maximum absolute atomic E-state index is 13.7. The normalized spacial score (nSPS) is 14.8. The largest absolute Gasteiger partial charge is 0.467 e. The lowest BCUT2D eigenvalue weighted by Gasteiger charge is -2.33. The highest BCUT2D eigenvalue weighted by Crippen LogP contribution is 2.32. The third-order valence-electron chi connectivity index (χ3n) is 6.32. The fourth-order valence-corrected chi connectivity index (χ4v) is 4.55. The highest BCUT2D eigenvalue weighted by Gasteiger charge is 2.36. The highest BCUT2D eigenvalue weighted by molar-refractivity contribution is 6.04. The molecule has 184 valence electrons. The van der Waals surface area contributed by atoms with Crippen LogP contribution < -0.4 is 15.5 Å². The zero-order valence-electron chi connectivity index (χ0n) is 19.9. The van der Waals surface area contributed by atoms with Crippen molar-refractivity contribution in [3.8, 4) is 0 Å². The highest BCUT2D eigenvalue weighted by atomic mass is 16.3. The topological polar surface area (TPSA) is 105 Å². The summed E-state index contributed by atoms with van der Waals surface area (Å²) in [4.78, 5) is 41.2. The molecule has 1 aliphatic rings. The number of rotatable bonds is 9. The van der Waals surface area contributed by atoms with Crippen LogP contribution in [0, 0.1) is 0 Å². The molecular formula is C27H31N3O5. The number of anilines is 1. The number of carbonyl (C=O) groups excluding carboxylic acids is 3. The van der Waals surface area contributed by atoms with Gasteiger partial charge in [0, 0.05) is 11.7 Å². The molecule has 8 heteroatoms. The van der Waals surface area contributed by atoms with Gasteiger partial charge in [0.1, 0.15) is 5.76 Å². The summed E-state index contributed by atoms with van der Waals surface area (Å²) in [6.45, 7) is 1.68. The van der Waals surface area contributed by atoms with Crippen molar-refractivity contribution in [2.45, 2.75) is 57.5 Å². The number of aryl methyl sites for hydroxylation is 1. The molecule has 0 aliphatic heterocycles. The van der Waals surface area contributed by atoms with Gasteiger partial charge < -0.3 is 19.5 Å². The molecule has 8 nitrogen and oxygen atoms in total. The summed E-state index contributed by atoms with van der Waals surface area (Å²) >= 11 is 0. The Morgan fingerprint density at radius 1 is 0.971 bits per heavy atom. The van der Waals surface area contributed by atoms with Gasteiger partial charge in [-0.25, -0.2) is 0 Å². The summed E-state index contributed by atoms with van der Waals surface area (Å²) in [6, 6.07) is 13.0. The van der Waals surface area contributed by atoms with E-state index in [-0.39, 0.29) is 24.3 Å². The Morgan fingerprint density at radius 2 is 1.71 bits per heavy atom. The first kappa shape index (κ1) is 24.3. The van der Waals surface area contributed by atoms with Crippen LogP contribution in [0.25, 0.3) is 0 Å². The molecule has 1 atom stereocenters. The van der Waals surface area contributed by atoms with E-state index in [9.17, 15) is 14.4 Å². The van der Waals surface area contributed by atoms with Crippen molar-refractivity contribution in [3.63, 3.8) is 0 Å². The minimum atomic E-state index is -1.02. The second-order valence-electron chi connectivity index (χ2n) is 8.67. The molecule has 3 aromatic rings. The van der Waals surface area contributed by atoms with Crippen molar-refractivity contribution >= 4 is 23.4 Å². The predicted octanol–water partition coefficient (Wildman–Crippen LogP) is 4.39. The summed E-state index contributed by atoms with van der Waals surface area (Å²) in [5.74, 6) is -0.784. The maximum Gasteiger partial charge on any atom is 0.287 e. The van der Waals surface area contributed by atoms with E-state index in [0.717, 1.165) is 37.7 Å². The lowest BCUT2D eigenvalue weighted by molar-refractivity contribution is -0.127. The molecule has 2 aromatic heterocycles. The molecule has 1 fully saturated rings. The standard InChI is InChI=1S/C27H31N3O5/c1-2-19-10-6-7-13-21(19)30(24(31)18-28-26(32)23-15-9-17-35-23)25(22-14-8-16-34-22)27(33)29-20-11-4-3-5-12-20/h6-10,13-17,20,25H,2-5,11-12,18H2,1H3,(H,28,32)(H,29,33). The number of carbonyl (C=O) groups is 3. The Bertz CT molecular complexity index is 1120. The van der Waals surface area contributed by atoms with Gasteiger partial charge in [0.2, 0.25) is 5.91 Å². The molecule has 0 bridgehead atoms. The van der Waals surface area contributed by atoms with Crippen LogP contribution in [0.2, 0.25) is 0 Å². The summed E-state index contributed by atoms with van der Waals surface area (Å²) in [6.07, 6.45) is 8.66. The molecule has 0 spiro atoms. The molecule has 2 N–H and O–H groups in total. The van der Waals surface area contributed by atoms with Crippen LogP contribution in [0.3, 0.4) is 0 Å². The Labute approximate surface area is 204 Å². The van der Waals surface area contributed by atoms with Crippen LogP contribution in [-0.2, 0) is 16.0 Å². The fourth-order valence-electron chi connectivity index (χ4n) is 4.55. The molecule has 1 saturated carbocycles. The van der Waals surface area contributed by atoms with Gasteiger partial charge in [-0.1, -0.05) is 44.4 Å². The van der Waals surface area contributed by atoms with E-state index in [4.69, 9.17) is 8.83 Å². The SMILES string of the molecule is CCc1ccccc1N(C(=O)CNC(=O)c1ccco1)C(C(=O)NC1CCCCC1)c1ccco1. The fraction of sp³-hybridized carbons (Fsp3) is 0.370. The van der Waals surface area contributed by atoms with E-state index in [1.165, 1.54) is 23.5 Å². The molecule has 1 aromatic carbocycles. The minimum absolute atomic E-state index is 0.0609. The maximum atomic E-state index is 13.7. The van der Waals surface area contributed by atoms with Gasteiger partial charge in [-0.3, -0.25) is 19.3 Å². The third-order valence-corrected chi connectivity index (χ3v) is 6.32. The number of nitrogens with zero attached hydrogens (tertiary/aromatic N) is 1. The van der Waals surface area contributed by atoms with E-state index >= 15 is 0 Å². The number of furan rings is 2. The van der Waals surface area contributed by atoms with E-state index in [0.29, 0.717) is 17.9 Å². The number of hydrogen-bond donors (Lipinski definition) is 2. The Morgan fingerprint density at radius 3 is 2.40 bits per heavy atom. The van der Waals surface area contributed by atoms with Crippen LogP contribution in [0.4, 0.5) is 5.69 Å². The monoisotopic (exact) mass is 477 g/mol. The van der Waals surface area contributed by atoms with Gasteiger partial charge in [0.05, 0.1) is 19.1 Å². The summed E-state index contributed by atoms with van der Waals surface area (Å²) in [7, 11) is 0. The zero-order valence-corrected chi connectivity index (χ0v) is 19.9. The molecule has 4 rings (SSSR count). The molecule has 2 heterocycles. The van der Waals surface area contributed by atoms with Gasteiger partial charge in [-0.2, -0.15) is 0 Å². The smallest absolute Gasteiger partial charge is 0.287 e. The summed E-state index contributed by atoms with van der Waals surface area (Å²) < 4.78 is 10.8. The Hall–Kier alpha value is -3.81. The predicted molar refractivity (Wildman–Crippen MR) is 131 cm³/mol.